The molecule has 0 unspecified atom stereocenters. The molecule has 2 aromatic rings. The lowest BCUT2D eigenvalue weighted by Gasteiger charge is -2.27. The summed E-state index contributed by atoms with van der Waals surface area (Å²) in [6, 6.07) is 4.10. The number of likely N-dealkylation sites (N-methyl/N-ethyl adjacent to an activating group) is 1. The molecule has 0 aromatic carbocycles. The Morgan fingerprint density at radius 3 is 3.14 bits per heavy atom. The first-order valence-electron chi connectivity index (χ1n) is 7.06. The van der Waals surface area contributed by atoms with Gasteiger partial charge in [-0.25, -0.2) is 4.39 Å². The summed E-state index contributed by atoms with van der Waals surface area (Å²) < 4.78 is 17.5. The zero-order valence-corrected chi connectivity index (χ0v) is 13.8. The van der Waals surface area contributed by atoms with Gasteiger partial charge < -0.3 is 4.90 Å². The molecule has 0 spiro atoms. The van der Waals surface area contributed by atoms with Crippen LogP contribution in [0, 0.1) is 0 Å². The molecule has 0 radical (unpaired) electrons. The van der Waals surface area contributed by atoms with Crippen LogP contribution in [0.25, 0.3) is 0 Å². The summed E-state index contributed by atoms with van der Waals surface area (Å²) in [6.45, 7) is 1.67. The summed E-state index contributed by atoms with van der Waals surface area (Å²) in [5.41, 5.74) is 0.354. The van der Waals surface area contributed by atoms with Crippen molar-refractivity contribution < 1.29 is 9.18 Å². The van der Waals surface area contributed by atoms with E-state index in [1.165, 1.54) is 4.88 Å². The number of rotatable bonds is 5. The van der Waals surface area contributed by atoms with Crippen molar-refractivity contribution in [1.82, 2.24) is 19.4 Å². The average molecular weight is 340 g/mol. The van der Waals surface area contributed by atoms with Crippen LogP contribution in [0.2, 0.25) is 0 Å². The van der Waals surface area contributed by atoms with Gasteiger partial charge in [0.15, 0.2) is 5.69 Å². The van der Waals surface area contributed by atoms with Crippen LogP contribution in [0.15, 0.2) is 22.9 Å². The van der Waals surface area contributed by atoms with Crippen LogP contribution in [0.5, 0.6) is 0 Å². The van der Waals surface area contributed by atoms with Gasteiger partial charge in [-0.2, -0.15) is 0 Å². The van der Waals surface area contributed by atoms with Crippen molar-refractivity contribution in [3.63, 3.8) is 0 Å². The van der Waals surface area contributed by atoms with Crippen molar-refractivity contribution in [2.45, 2.75) is 25.2 Å². The van der Waals surface area contributed by atoms with E-state index in [2.05, 4.69) is 20.6 Å². The van der Waals surface area contributed by atoms with E-state index < -0.39 is 6.17 Å². The maximum Gasteiger partial charge on any atom is 0.275 e. The summed E-state index contributed by atoms with van der Waals surface area (Å²) in [4.78, 5) is 17.2. The van der Waals surface area contributed by atoms with Crippen molar-refractivity contribution in [3.8, 4) is 0 Å². The second-order valence-electron chi connectivity index (χ2n) is 5.47. The molecule has 22 heavy (non-hydrogen) atoms. The molecule has 0 aliphatic carbocycles. The van der Waals surface area contributed by atoms with Crippen LogP contribution in [0.1, 0.15) is 21.8 Å². The minimum absolute atomic E-state index is 0.0395. The van der Waals surface area contributed by atoms with Gasteiger partial charge in [0.1, 0.15) is 6.17 Å². The highest BCUT2D eigenvalue weighted by Crippen LogP contribution is 2.25. The summed E-state index contributed by atoms with van der Waals surface area (Å²) >= 11 is 2.83. The Morgan fingerprint density at radius 2 is 2.45 bits per heavy atom. The number of halogens is 1. The Morgan fingerprint density at radius 1 is 1.59 bits per heavy atom. The second kappa shape index (κ2) is 6.80. The van der Waals surface area contributed by atoms with Crippen molar-refractivity contribution >= 4 is 28.8 Å². The number of likely N-dealkylation sites (tertiary alicyclic amines) is 1. The van der Waals surface area contributed by atoms with E-state index in [4.69, 9.17) is 0 Å². The van der Waals surface area contributed by atoms with Gasteiger partial charge in [0.2, 0.25) is 0 Å². The molecule has 1 aliphatic rings. The van der Waals surface area contributed by atoms with E-state index in [1.807, 2.05) is 11.4 Å². The molecule has 1 saturated heterocycles. The molecule has 5 nitrogen and oxygen atoms in total. The van der Waals surface area contributed by atoms with Crippen LogP contribution in [0.3, 0.4) is 0 Å². The molecule has 1 fully saturated rings. The molecular formula is C14H17FN4OS2. The molecule has 1 aliphatic heterocycles. The quantitative estimate of drug-likeness (QED) is 0.838. The van der Waals surface area contributed by atoms with E-state index in [0.29, 0.717) is 25.2 Å². The van der Waals surface area contributed by atoms with E-state index in [9.17, 15) is 9.18 Å². The lowest BCUT2D eigenvalue weighted by molar-refractivity contribution is 0.0744. The Labute approximate surface area is 136 Å². The largest absolute Gasteiger partial charge is 0.339 e. The SMILES string of the molecule is CN(C[C@@H]1C[C@H](F)CN1Cc1cccs1)C(=O)c1csnn1. The highest BCUT2D eigenvalue weighted by atomic mass is 32.1. The molecule has 118 valence electrons. The predicted octanol–water partition coefficient (Wildman–Crippen LogP) is 2.28. The van der Waals surface area contributed by atoms with Crippen LogP contribution in [-0.2, 0) is 6.54 Å². The highest BCUT2D eigenvalue weighted by Gasteiger charge is 2.33. The average Bonchev–Trinajstić information content (AvgIpc) is 3.22. The number of aromatic nitrogens is 2. The lowest BCUT2D eigenvalue weighted by Crippen LogP contribution is -2.40. The summed E-state index contributed by atoms with van der Waals surface area (Å²) in [5.74, 6) is -0.160. The highest BCUT2D eigenvalue weighted by molar-refractivity contribution is 7.09. The van der Waals surface area contributed by atoms with Gasteiger partial charge in [0.25, 0.3) is 5.91 Å². The second-order valence-corrected chi connectivity index (χ2v) is 7.11. The maximum atomic E-state index is 13.8. The fourth-order valence-corrected chi connectivity index (χ4v) is 3.92. The fourth-order valence-electron chi connectivity index (χ4n) is 2.76. The predicted molar refractivity (Wildman–Crippen MR) is 84.9 cm³/mol. The minimum Gasteiger partial charge on any atom is -0.339 e. The number of alkyl halides is 1. The third-order valence-corrected chi connectivity index (χ3v) is 5.19. The van der Waals surface area contributed by atoms with Crippen molar-refractivity contribution in [2.24, 2.45) is 0 Å². The number of carbonyl (C=O) groups excluding carboxylic acids is 1. The van der Waals surface area contributed by atoms with Gasteiger partial charge >= 0.3 is 0 Å². The zero-order valence-electron chi connectivity index (χ0n) is 12.2. The van der Waals surface area contributed by atoms with Crippen molar-refractivity contribution in [3.05, 3.63) is 33.5 Å². The van der Waals surface area contributed by atoms with Crippen molar-refractivity contribution in [2.75, 3.05) is 20.1 Å². The molecule has 0 bridgehead atoms. The molecular weight excluding hydrogens is 323 g/mol. The zero-order chi connectivity index (χ0) is 15.5. The fraction of sp³-hybridized carbons (Fsp3) is 0.500. The number of hydrogen-bond donors (Lipinski definition) is 0. The molecule has 3 rings (SSSR count). The molecule has 1 amide bonds. The van der Waals surface area contributed by atoms with Gasteiger partial charge in [-0.3, -0.25) is 9.69 Å². The third kappa shape index (κ3) is 3.50. The number of hydrogen-bond acceptors (Lipinski definition) is 6. The van der Waals surface area contributed by atoms with E-state index >= 15 is 0 Å². The van der Waals surface area contributed by atoms with Crippen LogP contribution in [0.4, 0.5) is 4.39 Å². The first-order valence-corrected chi connectivity index (χ1v) is 8.78. The van der Waals surface area contributed by atoms with E-state index in [0.717, 1.165) is 18.1 Å². The van der Waals surface area contributed by atoms with Gasteiger partial charge in [-0.05, 0) is 29.4 Å². The number of amides is 1. The van der Waals surface area contributed by atoms with Gasteiger partial charge in [0, 0.05) is 43.0 Å². The molecule has 0 saturated carbocycles. The maximum absolute atomic E-state index is 13.8. The summed E-state index contributed by atoms with van der Waals surface area (Å²) in [6.07, 6.45) is -0.354. The monoisotopic (exact) mass is 340 g/mol. The third-order valence-electron chi connectivity index (χ3n) is 3.83. The molecule has 2 aromatic heterocycles. The summed E-state index contributed by atoms with van der Waals surface area (Å²) in [5, 5.41) is 7.46. The standard InChI is InChI=1S/C14H17FN4OS2/c1-18(14(20)13-9-22-17-16-13)7-11-5-10(15)6-19(11)8-12-3-2-4-21-12/h2-4,9-11H,5-8H2,1H3/t10-,11-/m0/s1. The first-order chi connectivity index (χ1) is 10.6. The van der Waals surface area contributed by atoms with E-state index in [1.54, 1.807) is 28.7 Å². The molecule has 8 heteroatoms. The van der Waals surface area contributed by atoms with Crippen molar-refractivity contribution in [1.29, 1.82) is 0 Å². The normalized spacial score (nSPS) is 22.1. The Kier molecular flexibility index (Phi) is 4.80. The topological polar surface area (TPSA) is 49.3 Å². The van der Waals surface area contributed by atoms with Gasteiger partial charge in [0.05, 0.1) is 0 Å². The smallest absolute Gasteiger partial charge is 0.275 e. The molecule has 2 atom stereocenters. The Bertz CT molecular complexity index is 604. The van der Waals surface area contributed by atoms with E-state index in [-0.39, 0.29) is 11.9 Å². The Hall–Kier alpha value is -1.38. The summed E-state index contributed by atoms with van der Waals surface area (Å²) in [7, 11) is 1.73. The number of thiophene rings is 1. The molecule has 0 N–H and O–H groups in total. The van der Waals surface area contributed by atoms with Crippen LogP contribution < -0.4 is 0 Å². The lowest BCUT2D eigenvalue weighted by atomic mass is 10.2. The Balaban J connectivity index is 1.63. The van der Waals surface area contributed by atoms with Crippen LogP contribution in [-0.4, -0.2) is 57.6 Å². The molecule has 3 heterocycles. The number of nitrogens with zero attached hydrogens (tertiary/aromatic N) is 4. The van der Waals surface area contributed by atoms with Gasteiger partial charge in [-0.15, -0.1) is 16.4 Å². The first kappa shape index (κ1) is 15.5. The number of carbonyl (C=O) groups is 1. The minimum atomic E-state index is -0.825. The van der Waals surface area contributed by atoms with Crippen LogP contribution >= 0.6 is 22.9 Å². The van der Waals surface area contributed by atoms with Gasteiger partial charge in [-0.1, -0.05) is 10.6 Å².